The topological polar surface area (TPSA) is 0 Å². The van der Waals surface area contributed by atoms with E-state index in [0.29, 0.717) is 0 Å². The highest BCUT2D eigenvalue weighted by atomic mass is 28.1. The summed E-state index contributed by atoms with van der Waals surface area (Å²) >= 11 is 0. The Hall–Kier alpha value is -1.08. The van der Waals surface area contributed by atoms with Gasteiger partial charge in [0.2, 0.25) is 0 Å². The molecule has 0 aliphatic rings. The van der Waals surface area contributed by atoms with E-state index < -0.39 is 0 Å². The molecule has 0 fully saturated rings. The van der Waals surface area contributed by atoms with Crippen LogP contribution >= 0.6 is 0 Å². The van der Waals surface area contributed by atoms with Crippen LogP contribution in [-0.2, 0) is 6.42 Å². The second-order valence-corrected chi connectivity index (χ2v) is 6.51. The summed E-state index contributed by atoms with van der Waals surface area (Å²) in [7, 11) is 3.53. The summed E-state index contributed by atoms with van der Waals surface area (Å²) in [5.74, 6) is 0. The fraction of sp³-hybridized carbons (Fsp3) is 0.500. The van der Waals surface area contributed by atoms with E-state index in [1.165, 1.54) is 74.1 Å². The van der Waals surface area contributed by atoms with Crippen LogP contribution in [0.25, 0.3) is 10.8 Å². The van der Waals surface area contributed by atoms with E-state index >= 15 is 0 Å². The minimum atomic E-state index is 1.16. The van der Waals surface area contributed by atoms with Crippen molar-refractivity contribution >= 4 is 21.0 Å². The van der Waals surface area contributed by atoms with Crippen molar-refractivity contribution in [3.8, 4) is 0 Å². The average Bonchev–Trinajstić information content (AvgIpc) is 2.53. The molecule has 0 bridgehead atoms. The van der Waals surface area contributed by atoms with Gasteiger partial charge in [-0.25, -0.2) is 0 Å². The molecule has 0 N–H and O–H groups in total. The number of unbranched alkanes of at least 4 members (excludes halogenated alkanes) is 7. The molecule has 3 radical (unpaired) electrons. The van der Waals surface area contributed by atoms with E-state index in [0.717, 1.165) is 6.04 Å². The van der Waals surface area contributed by atoms with Crippen molar-refractivity contribution in [1.82, 2.24) is 0 Å². The van der Waals surface area contributed by atoms with Gasteiger partial charge in [-0.1, -0.05) is 93.5 Å². The minimum Gasteiger partial charge on any atom is -0.0638 e. The maximum atomic E-state index is 3.53. The van der Waals surface area contributed by atoms with E-state index in [1.54, 1.807) is 0 Å². The highest BCUT2D eigenvalue weighted by Gasteiger charge is 1.97. The van der Waals surface area contributed by atoms with Crippen LogP contribution in [0, 0.1) is 0 Å². The fourth-order valence-corrected chi connectivity index (χ4v) is 3.16. The number of benzene rings is 2. The van der Waals surface area contributed by atoms with Gasteiger partial charge < -0.3 is 0 Å². The third-order valence-corrected chi connectivity index (χ3v) is 4.56. The molecule has 0 aromatic heterocycles. The SMILES string of the molecule is [Si]CCCCCCCCCCc1ccc2ccccc2c1. The van der Waals surface area contributed by atoms with Gasteiger partial charge in [-0.05, 0) is 29.2 Å². The van der Waals surface area contributed by atoms with Crippen molar-refractivity contribution in [2.24, 2.45) is 0 Å². The Morgan fingerprint density at radius 1 is 0.619 bits per heavy atom. The van der Waals surface area contributed by atoms with Crippen LogP contribution < -0.4 is 0 Å². The lowest BCUT2D eigenvalue weighted by Crippen LogP contribution is -1.87. The van der Waals surface area contributed by atoms with Crippen LogP contribution in [0.3, 0.4) is 0 Å². The summed E-state index contributed by atoms with van der Waals surface area (Å²) in [5, 5.41) is 2.73. The first-order valence-electron chi connectivity index (χ1n) is 8.52. The van der Waals surface area contributed by atoms with E-state index in [-0.39, 0.29) is 0 Å². The first-order valence-corrected chi connectivity index (χ1v) is 9.23. The van der Waals surface area contributed by atoms with E-state index in [9.17, 15) is 0 Å². The molecule has 2 rings (SSSR count). The third kappa shape index (κ3) is 6.05. The van der Waals surface area contributed by atoms with Crippen molar-refractivity contribution in [3.63, 3.8) is 0 Å². The van der Waals surface area contributed by atoms with Crippen LogP contribution in [0.1, 0.15) is 56.9 Å². The molecule has 0 amide bonds. The number of hydrogen-bond acceptors (Lipinski definition) is 0. The summed E-state index contributed by atoms with van der Waals surface area (Å²) in [6.45, 7) is 0. The van der Waals surface area contributed by atoms with Crippen molar-refractivity contribution in [3.05, 3.63) is 48.0 Å². The number of hydrogen-bond donors (Lipinski definition) is 0. The number of rotatable bonds is 10. The Morgan fingerprint density at radius 3 is 1.95 bits per heavy atom. The molecule has 2 aromatic rings. The van der Waals surface area contributed by atoms with Gasteiger partial charge in [0.05, 0.1) is 0 Å². The normalized spacial score (nSPS) is 11.1. The Balaban J connectivity index is 1.59. The first kappa shape index (κ1) is 16.3. The largest absolute Gasteiger partial charge is 0.0638 e. The highest BCUT2D eigenvalue weighted by molar-refractivity contribution is 6.08. The zero-order valence-corrected chi connectivity index (χ0v) is 14.1. The molecule has 0 atom stereocenters. The van der Waals surface area contributed by atoms with E-state index in [1.807, 2.05) is 0 Å². The Labute approximate surface area is 133 Å². The lowest BCUT2D eigenvalue weighted by atomic mass is 10.0. The predicted octanol–water partition coefficient (Wildman–Crippen LogP) is 6.09. The molecule has 0 aliphatic carbocycles. The zero-order chi connectivity index (χ0) is 14.8. The molecule has 1 heteroatoms. The fourth-order valence-electron chi connectivity index (χ4n) is 2.91. The Kier molecular flexibility index (Phi) is 7.59. The molecule has 0 aliphatic heterocycles. The molecule has 21 heavy (non-hydrogen) atoms. The van der Waals surface area contributed by atoms with Crippen molar-refractivity contribution in [1.29, 1.82) is 0 Å². The van der Waals surface area contributed by atoms with Gasteiger partial charge in [-0.3, -0.25) is 0 Å². The lowest BCUT2D eigenvalue weighted by molar-refractivity contribution is 0.575. The van der Waals surface area contributed by atoms with Crippen LogP contribution in [-0.4, -0.2) is 10.2 Å². The summed E-state index contributed by atoms with van der Waals surface area (Å²) < 4.78 is 0. The monoisotopic (exact) mass is 295 g/mol. The van der Waals surface area contributed by atoms with Crippen molar-refractivity contribution in [2.75, 3.05) is 0 Å². The molecular weight excluding hydrogens is 268 g/mol. The minimum absolute atomic E-state index is 1.16. The summed E-state index contributed by atoms with van der Waals surface area (Å²) in [6, 6.07) is 16.7. The summed E-state index contributed by atoms with van der Waals surface area (Å²) in [4.78, 5) is 0. The van der Waals surface area contributed by atoms with Crippen molar-refractivity contribution in [2.45, 2.75) is 63.8 Å². The standard InChI is InChI=1S/C20H27Si/c21-16-10-6-4-2-1-3-5-7-11-18-14-15-19-12-8-9-13-20(19)17-18/h8-9,12-15,17H,1-7,10-11,16H2. The Bertz CT molecular complexity index is 518. The number of fused-ring (bicyclic) bond motifs is 1. The molecule has 0 saturated carbocycles. The molecule has 111 valence electrons. The van der Waals surface area contributed by atoms with Crippen LogP contribution in [0.5, 0.6) is 0 Å². The second-order valence-electron chi connectivity index (χ2n) is 6.01. The summed E-state index contributed by atoms with van der Waals surface area (Å²) in [6.07, 6.45) is 12.3. The van der Waals surface area contributed by atoms with Gasteiger partial charge in [0.15, 0.2) is 0 Å². The van der Waals surface area contributed by atoms with E-state index in [2.05, 4.69) is 52.7 Å². The third-order valence-electron chi connectivity index (χ3n) is 4.21. The maximum Gasteiger partial charge on any atom is 0.0222 e. The van der Waals surface area contributed by atoms with Gasteiger partial charge in [0.1, 0.15) is 0 Å². The average molecular weight is 296 g/mol. The van der Waals surface area contributed by atoms with Crippen LogP contribution in [0.2, 0.25) is 6.04 Å². The highest BCUT2D eigenvalue weighted by Crippen LogP contribution is 2.17. The van der Waals surface area contributed by atoms with Crippen molar-refractivity contribution < 1.29 is 0 Å². The Morgan fingerprint density at radius 2 is 1.24 bits per heavy atom. The van der Waals surface area contributed by atoms with Gasteiger partial charge in [-0.2, -0.15) is 0 Å². The van der Waals surface area contributed by atoms with E-state index in [4.69, 9.17) is 0 Å². The smallest absolute Gasteiger partial charge is 0.0222 e. The van der Waals surface area contributed by atoms with Crippen LogP contribution in [0.15, 0.2) is 42.5 Å². The summed E-state index contributed by atoms with van der Waals surface area (Å²) in [5.41, 5.74) is 1.49. The first-order chi connectivity index (χ1) is 10.4. The molecule has 0 saturated heterocycles. The molecule has 0 nitrogen and oxygen atoms in total. The van der Waals surface area contributed by atoms with Gasteiger partial charge in [0.25, 0.3) is 0 Å². The van der Waals surface area contributed by atoms with Crippen LogP contribution in [0.4, 0.5) is 0 Å². The molecular formula is C20H27Si. The molecule has 0 spiro atoms. The second kappa shape index (κ2) is 9.78. The molecule has 2 aromatic carbocycles. The molecule has 0 unspecified atom stereocenters. The molecule has 0 heterocycles. The predicted molar refractivity (Wildman–Crippen MR) is 95.1 cm³/mol. The van der Waals surface area contributed by atoms with Gasteiger partial charge in [0, 0.05) is 10.2 Å². The number of aryl methyl sites for hydroxylation is 1. The zero-order valence-electron chi connectivity index (χ0n) is 13.1. The quantitative estimate of drug-likeness (QED) is 0.367. The van der Waals surface area contributed by atoms with Gasteiger partial charge in [-0.15, -0.1) is 0 Å². The lowest BCUT2D eigenvalue weighted by Gasteiger charge is -2.04. The maximum absolute atomic E-state index is 3.53. The van der Waals surface area contributed by atoms with Gasteiger partial charge >= 0.3 is 0 Å².